The molecule has 14 heavy (non-hydrogen) atoms. The van der Waals surface area contributed by atoms with Crippen LogP contribution in [-0.2, 0) is 4.79 Å². The summed E-state index contributed by atoms with van der Waals surface area (Å²) in [5, 5.41) is 0. The third kappa shape index (κ3) is 1.03. The third-order valence-electron chi connectivity index (χ3n) is 2.98. The molecule has 0 aromatic heterocycles. The monoisotopic (exact) mass is 188 g/mol. The molecule has 1 saturated carbocycles. The molecule has 0 spiro atoms. The number of ketones is 1. The average Bonchev–Trinajstić information content (AvgIpc) is 2.88. The van der Waals surface area contributed by atoms with E-state index >= 15 is 0 Å². The van der Waals surface area contributed by atoms with Gasteiger partial charge in [-0.2, -0.15) is 0 Å². The number of Topliss-reactive ketones (excluding diaryl/α,β-unsaturated/α-hetero) is 1. The van der Waals surface area contributed by atoms with Crippen LogP contribution in [-0.4, -0.2) is 5.78 Å². The topological polar surface area (TPSA) is 17.1 Å². The fourth-order valence-electron chi connectivity index (χ4n) is 2.06. The maximum atomic E-state index is 12.7. The van der Waals surface area contributed by atoms with Crippen molar-refractivity contribution in [3.05, 3.63) is 41.7 Å². The zero-order valence-corrected chi connectivity index (χ0v) is 7.53. The van der Waals surface area contributed by atoms with E-state index in [9.17, 15) is 9.18 Å². The minimum Gasteiger partial charge on any atom is -0.294 e. The molecule has 2 heteroatoms. The molecule has 0 N–H and O–H groups in total. The Morgan fingerprint density at radius 1 is 1.21 bits per heavy atom. The molecule has 2 atom stereocenters. The highest BCUT2D eigenvalue weighted by molar-refractivity contribution is 6.25. The molecule has 0 radical (unpaired) electrons. The van der Waals surface area contributed by atoms with Crippen molar-refractivity contribution in [2.24, 2.45) is 11.8 Å². The molecule has 0 aliphatic heterocycles. The van der Waals surface area contributed by atoms with Crippen molar-refractivity contribution in [2.45, 2.75) is 6.42 Å². The van der Waals surface area contributed by atoms with Gasteiger partial charge in [-0.3, -0.25) is 4.79 Å². The molecule has 2 aliphatic rings. The molecule has 3 rings (SSSR count). The number of rotatable bonds is 1. The van der Waals surface area contributed by atoms with Crippen molar-refractivity contribution in [1.29, 1.82) is 0 Å². The highest BCUT2D eigenvalue weighted by Gasteiger charge is 2.47. The molecular formula is C12H9FO. The van der Waals surface area contributed by atoms with Crippen LogP contribution in [0.2, 0.25) is 0 Å². The van der Waals surface area contributed by atoms with Crippen LogP contribution in [0.15, 0.2) is 30.3 Å². The number of halogens is 1. The first kappa shape index (κ1) is 7.92. The van der Waals surface area contributed by atoms with Gasteiger partial charge in [0.1, 0.15) is 5.82 Å². The van der Waals surface area contributed by atoms with Crippen LogP contribution in [0.25, 0.3) is 5.57 Å². The van der Waals surface area contributed by atoms with Gasteiger partial charge < -0.3 is 0 Å². The molecule has 2 aliphatic carbocycles. The predicted octanol–water partition coefficient (Wildman–Crippen LogP) is 2.43. The van der Waals surface area contributed by atoms with E-state index in [1.165, 1.54) is 12.1 Å². The van der Waals surface area contributed by atoms with Crippen LogP contribution >= 0.6 is 0 Å². The van der Waals surface area contributed by atoms with Crippen LogP contribution in [0, 0.1) is 17.7 Å². The Hall–Kier alpha value is -1.44. The minimum atomic E-state index is -0.259. The summed E-state index contributed by atoms with van der Waals surface area (Å²) in [4.78, 5) is 11.7. The van der Waals surface area contributed by atoms with E-state index in [1.807, 2.05) is 6.08 Å². The van der Waals surface area contributed by atoms with Crippen molar-refractivity contribution in [1.82, 2.24) is 0 Å². The summed E-state index contributed by atoms with van der Waals surface area (Å²) in [5.74, 6) is 0.698. The maximum absolute atomic E-state index is 12.7. The van der Waals surface area contributed by atoms with Crippen LogP contribution in [0.1, 0.15) is 12.0 Å². The van der Waals surface area contributed by atoms with E-state index in [0.29, 0.717) is 5.92 Å². The molecule has 70 valence electrons. The molecule has 0 heterocycles. The molecular weight excluding hydrogens is 179 g/mol. The SMILES string of the molecule is O=C1C(c2ccc(F)cc2)=CC2CC12. The minimum absolute atomic E-state index is 0.238. The van der Waals surface area contributed by atoms with Crippen LogP contribution < -0.4 is 0 Å². The van der Waals surface area contributed by atoms with Crippen molar-refractivity contribution >= 4 is 11.4 Å². The summed E-state index contributed by atoms with van der Waals surface area (Å²) in [6.45, 7) is 0. The Labute approximate surface area is 81.2 Å². The van der Waals surface area contributed by atoms with Crippen molar-refractivity contribution < 1.29 is 9.18 Å². The van der Waals surface area contributed by atoms with E-state index in [4.69, 9.17) is 0 Å². The largest absolute Gasteiger partial charge is 0.294 e. The van der Waals surface area contributed by atoms with Gasteiger partial charge in [-0.05, 0) is 30.0 Å². The number of fused-ring (bicyclic) bond motifs is 1. The highest BCUT2D eigenvalue weighted by atomic mass is 19.1. The number of hydrogen-bond acceptors (Lipinski definition) is 1. The Morgan fingerprint density at radius 3 is 2.50 bits per heavy atom. The molecule has 1 nitrogen and oxygen atoms in total. The normalized spacial score (nSPS) is 28.6. The van der Waals surface area contributed by atoms with Gasteiger partial charge in [0.15, 0.2) is 5.78 Å². The second kappa shape index (κ2) is 2.53. The molecule has 1 fully saturated rings. The van der Waals surface area contributed by atoms with Gasteiger partial charge in [-0.15, -0.1) is 0 Å². The molecule has 0 amide bonds. The van der Waals surface area contributed by atoms with Gasteiger partial charge in [-0.1, -0.05) is 18.2 Å². The number of carbonyl (C=O) groups is 1. The molecule has 1 aromatic rings. The summed E-state index contributed by atoms with van der Waals surface area (Å²) >= 11 is 0. The van der Waals surface area contributed by atoms with Crippen LogP contribution in [0.4, 0.5) is 4.39 Å². The van der Waals surface area contributed by atoms with E-state index in [0.717, 1.165) is 17.6 Å². The van der Waals surface area contributed by atoms with Crippen LogP contribution in [0.3, 0.4) is 0 Å². The van der Waals surface area contributed by atoms with Crippen molar-refractivity contribution in [3.8, 4) is 0 Å². The predicted molar refractivity (Wildman–Crippen MR) is 51.0 cm³/mol. The molecule has 2 unspecified atom stereocenters. The Morgan fingerprint density at radius 2 is 1.93 bits per heavy atom. The second-order valence-corrected chi connectivity index (χ2v) is 3.96. The fourth-order valence-corrected chi connectivity index (χ4v) is 2.06. The highest BCUT2D eigenvalue weighted by Crippen LogP contribution is 2.50. The maximum Gasteiger partial charge on any atom is 0.166 e. The van der Waals surface area contributed by atoms with Gasteiger partial charge in [0.2, 0.25) is 0 Å². The quantitative estimate of drug-likeness (QED) is 0.661. The van der Waals surface area contributed by atoms with Crippen molar-refractivity contribution in [2.75, 3.05) is 0 Å². The lowest BCUT2D eigenvalue weighted by Gasteiger charge is -2.02. The van der Waals surface area contributed by atoms with E-state index in [1.54, 1.807) is 12.1 Å². The Kier molecular flexibility index (Phi) is 1.43. The first-order valence-electron chi connectivity index (χ1n) is 4.77. The average molecular weight is 188 g/mol. The summed E-state index contributed by atoms with van der Waals surface area (Å²) in [6, 6.07) is 6.13. The van der Waals surface area contributed by atoms with Gasteiger partial charge in [-0.25, -0.2) is 4.39 Å². The first-order chi connectivity index (χ1) is 6.75. The second-order valence-electron chi connectivity index (χ2n) is 3.96. The zero-order valence-electron chi connectivity index (χ0n) is 7.53. The van der Waals surface area contributed by atoms with E-state index in [-0.39, 0.29) is 17.5 Å². The van der Waals surface area contributed by atoms with Crippen LogP contribution in [0.5, 0.6) is 0 Å². The number of carbonyl (C=O) groups excluding carboxylic acids is 1. The van der Waals surface area contributed by atoms with Gasteiger partial charge in [0.25, 0.3) is 0 Å². The Bertz CT molecular complexity index is 430. The zero-order chi connectivity index (χ0) is 9.71. The summed E-state index contributed by atoms with van der Waals surface area (Å²) in [6.07, 6.45) is 3.05. The van der Waals surface area contributed by atoms with E-state index < -0.39 is 0 Å². The molecule has 1 aromatic carbocycles. The van der Waals surface area contributed by atoms with Gasteiger partial charge in [0.05, 0.1) is 0 Å². The standard InChI is InChI=1S/C12H9FO/c13-9-3-1-7(2-4-9)10-5-8-6-11(8)12(10)14/h1-5,8,11H,6H2. The smallest absolute Gasteiger partial charge is 0.166 e. The summed E-state index contributed by atoms with van der Waals surface area (Å²) in [7, 11) is 0. The van der Waals surface area contributed by atoms with Gasteiger partial charge >= 0.3 is 0 Å². The summed E-state index contributed by atoms with van der Waals surface area (Å²) in [5.41, 5.74) is 1.63. The number of hydrogen-bond donors (Lipinski definition) is 0. The first-order valence-corrected chi connectivity index (χ1v) is 4.77. The Balaban J connectivity index is 2.00. The number of benzene rings is 1. The third-order valence-corrected chi connectivity index (χ3v) is 2.98. The van der Waals surface area contributed by atoms with E-state index in [2.05, 4.69) is 0 Å². The molecule has 0 bridgehead atoms. The van der Waals surface area contributed by atoms with Gasteiger partial charge in [0, 0.05) is 11.5 Å². The fraction of sp³-hybridized carbons (Fsp3) is 0.250. The van der Waals surface area contributed by atoms with Crippen molar-refractivity contribution in [3.63, 3.8) is 0 Å². The number of allylic oxidation sites excluding steroid dienone is 2. The lowest BCUT2D eigenvalue weighted by atomic mass is 10.0. The summed E-state index contributed by atoms with van der Waals surface area (Å²) < 4.78 is 12.7. The lowest BCUT2D eigenvalue weighted by molar-refractivity contribution is -0.114. The molecule has 0 saturated heterocycles. The lowest BCUT2D eigenvalue weighted by Crippen LogP contribution is -2.00.